The monoisotopic (exact) mass is 389 g/mol. The summed E-state index contributed by atoms with van der Waals surface area (Å²) in [4.78, 5) is 37.4. The molecule has 8 heteroatoms. The van der Waals surface area contributed by atoms with E-state index in [2.05, 4.69) is 12.2 Å². The summed E-state index contributed by atoms with van der Waals surface area (Å²) in [7, 11) is 0. The minimum atomic E-state index is -0.711. The Kier molecular flexibility index (Phi) is 6.49. The van der Waals surface area contributed by atoms with Gasteiger partial charge >= 0.3 is 5.97 Å². The van der Waals surface area contributed by atoms with Gasteiger partial charge in [-0.3, -0.25) is 14.9 Å². The summed E-state index contributed by atoms with van der Waals surface area (Å²) in [6.07, 6.45) is 6.29. The van der Waals surface area contributed by atoms with Crippen LogP contribution in [0, 0.1) is 16.0 Å². The summed E-state index contributed by atoms with van der Waals surface area (Å²) in [5.41, 5.74) is 0.583. The number of nitro benzene ring substituents is 1. The van der Waals surface area contributed by atoms with Gasteiger partial charge < -0.3 is 15.0 Å². The highest BCUT2D eigenvalue weighted by molar-refractivity contribution is 5.97. The van der Waals surface area contributed by atoms with Crippen LogP contribution in [0.25, 0.3) is 0 Å². The minimum Gasteiger partial charge on any atom is -0.452 e. The van der Waals surface area contributed by atoms with Crippen molar-refractivity contribution in [2.24, 2.45) is 5.92 Å². The number of hydrogen-bond donors (Lipinski definition) is 1. The molecule has 28 heavy (non-hydrogen) atoms. The number of esters is 1. The number of nitrogens with zero attached hydrogens (tertiary/aromatic N) is 2. The first kappa shape index (κ1) is 20.1. The number of nitrogens with one attached hydrogen (secondary N) is 1. The van der Waals surface area contributed by atoms with Gasteiger partial charge in [0.2, 0.25) is 0 Å². The summed E-state index contributed by atoms with van der Waals surface area (Å²) in [5, 5.41) is 14.0. The van der Waals surface area contributed by atoms with Crippen LogP contribution < -0.4 is 10.2 Å². The second-order valence-electron chi connectivity index (χ2n) is 7.66. The van der Waals surface area contributed by atoms with E-state index in [0.29, 0.717) is 11.6 Å². The second-order valence-corrected chi connectivity index (χ2v) is 7.66. The summed E-state index contributed by atoms with van der Waals surface area (Å²) < 4.78 is 5.20. The quantitative estimate of drug-likeness (QED) is 0.456. The van der Waals surface area contributed by atoms with Gasteiger partial charge in [0.05, 0.1) is 16.2 Å². The van der Waals surface area contributed by atoms with E-state index in [1.165, 1.54) is 18.6 Å². The molecular weight excluding hydrogens is 362 g/mol. The molecule has 1 amide bonds. The summed E-state index contributed by atoms with van der Waals surface area (Å²) >= 11 is 0. The van der Waals surface area contributed by atoms with Crippen LogP contribution in [0.5, 0.6) is 0 Å². The van der Waals surface area contributed by atoms with E-state index in [9.17, 15) is 19.7 Å². The van der Waals surface area contributed by atoms with Crippen molar-refractivity contribution in [3.05, 3.63) is 33.9 Å². The van der Waals surface area contributed by atoms with Crippen LogP contribution >= 0.6 is 0 Å². The maximum atomic E-state index is 12.6. The molecular formula is C20H27N3O5. The zero-order valence-electron chi connectivity index (χ0n) is 16.2. The molecule has 0 unspecified atom stereocenters. The number of non-ortho nitro benzene ring substituents is 1. The summed E-state index contributed by atoms with van der Waals surface area (Å²) in [5.74, 6) is -0.635. The lowest BCUT2D eigenvalue weighted by molar-refractivity contribution is -0.384. The van der Waals surface area contributed by atoms with Crippen molar-refractivity contribution < 1.29 is 19.2 Å². The number of carbonyl (C=O) groups excluding carboxylic acids is 2. The number of benzene rings is 1. The maximum Gasteiger partial charge on any atom is 0.341 e. The number of amides is 1. The topological polar surface area (TPSA) is 102 Å². The first-order valence-electron chi connectivity index (χ1n) is 9.95. The molecule has 1 aliphatic heterocycles. The lowest BCUT2D eigenvalue weighted by atomic mass is 9.86. The highest BCUT2D eigenvalue weighted by Gasteiger charge is 2.26. The van der Waals surface area contributed by atoms with E-state index >= 15 is 0 Å². The Morgan fingerprint density at radius 1 is 1.21 bits per heavy atom. The Labute approximate surface area is 164 Å². The largest absolute Gasteiger partial charge is 0.452 e. The van der Waals surface area contributed by atoms with Crippen LogP contribution in [0.15, 0.2) is 18.2 Å². The van der Waals surface area contributed by atoms with Crippen LogP contribution in [0.2, 0.25) is 0 Å². The normalized spacial score (nSPS) is 22.0. The first-order chi connectivity index (χ1) is 13.5. The molecule has 2 aliphatic rings. The number of ether oxygens (including phenoxy) is 1. The number of rotatable bonds is 6. The van der Waals surface area contributed by atoms with E-state index in [-0.39, 0.29) is 29.8 Å². The van der Waals surface area contributed by atoms with Crippen LogP contribution in [0.1, 0.15) is 55.8 Å². The molecule has 1 saturated heterocycles. The van der Waals surface area contributed by atoms with Crippen molar-refractivity contribution in [1.82, 2.24) is 5.32 Å². The summed E-state index contributed by atoms with van der Waals surface area (Å²) in [6, 6.07) is 4.32. The Morgan fingerprint density at radius 3 is 2.61 bits per heavy atom. The highest BCUT2D eigenvalue weighted by Crippen LogP contribution is 2.29. The van der Waals surface area contributed by atoms with Crippen molar-refractivity contribution in [3.63, 3.8) is 0 Å². The van der Waals surface area contributed by atoms with Crippen molar-refractivity contribution >= 4 is 23.3 Å². The molecule has 0 aromatic heterocycles. The van der Waals surface area contributed by atoms with Crippen molar-refractivity contribution in [1.29, 1.82) is 0 Å². The van der Waals surface area contributed by atoms with Gasteiger partial charge in [0, 0.05) is 31.3 Å². The van der Waals surface area contributed by atoms with Gasteiger partial charge in [-0.25, -0.2) is 4.79 Å². The standard InChI is InChI=1S/C20H27N3O5/c1-14-6-2-3-7-17(14)21-19(24)13-28-20(25)16-12-15(23(26)27)8-9-18(16)22-10-4-5-11-22/h8-9,12,14,17H,2-7,10-11,13H2,1H3,(H,21,24)/t14-,17-/m1/s1. The van der Waals surface area contributed by atoms with Crippen molar-refractivity contribution in [2.75, 3.05) is 24.6 Å². The molecule has 1 aliphatic carbocycles. The molecule has 2 atom stereocenters. The number of hydrogen-bond acceptors (Lipinski definition) is 6. The van der Waals surface area contributed by atoms with Crippen molar-refractivity contribution in [3.8, 4) is 0 Å². The zero-order valence-corrected chi connectivity index (χ0v) is 16.2. The molecule has 1 aromatic rings. The average molecular weight is 389 g/mol. The van der Waals surface area contributed by atoms with Crippen LogP contribution in [-0.2, 0) is 9.53 Å². The maximum absolute atomic E-state index is 12.6. The smallest absolute Gasteiger partial charge is 0.341 e. The third-order valence-electron chi connectivity index (χ3n) is 5.65. The third kappa shape index (κ3) is 4.79. The van der Waals surface area contributed by atoms with Gasteiger partial charge in [0.15, 0.2) is 6.61 Å². The van der Waals surface area contributed by atoms with Gasteiger partial charge in [-0.2, -0.15) is 0 Å². The summed E-state index contributed by atoms with van der Waals surface area (Å²) in [6.45, 7) is 3.31. The number of anilines is 1. The molecule has 8 nitrogen and oxygen atoms in total. The predicted octanol–water partition coefficient (Wildman–Crippen LogP) is 3.05. The van der Waals surface area contributed by atoms with Gasteiger partial charge in [-0.1, -0.05) is 19.8 Å². The Morgan fingerprint density at radius 2 is 1.93 bits per heavy atom. The number of carbonyl (C=O) groups is 2. The lowest BCUT2D eigenvalue weighted by Crippen LogP contribution is -2.42. The predicted molar refractivity (Wildman–Crippen MR) is 104 cm³/mol. The second kappa shape index (κ2) is 9.03. The molecule has 0 bridgehead atoms. The average Bonchev–Trinajstić information content (AvgIpc) is 3.22. The Bertz CT molecular complexity index is 745. The van der Waals surface area contributed by atoms with Crippen LogP contribution in [-0.4, -0.2) is 42.5 Å². The first-order valence-corrected chi connectivity index (χ1v) is 9.95. The molecule has 0 spiro atoms. The molecule has 2 fully saturated rings. The molecule has 0 radical (unpaired) electrons. The molecule has 1 heterocycles. The molecule has 3 rings (SSSR count). The fourth-order valence-electron chi connectivity index (χ4n) is 4.02. The lowest BCUT2D eigenvalue weighted by Gasteiger charge is -2.29. The third-order valence-corrected chi connectivity index (χ3v) is 5.65. The zero-order chi connectivity index (χ0) is 20.1. The molecule has 1 saturated carbocycles. The van der Waals surface area contributed by atoms with Crippen LogP contribution in [0.3, 0.4) is 0 Å². The van der Waals surface area contributed by atoms with Crippen LogP contribution in [0.4, 0.5) is 11.4 Å². The fraction of sp³-hybridized carbons (Fsp3) is 0.600. The molecule has 152 valence electrons. The van der Waals surface area contributed by atoms with E-state index in [1.807, 2.05) is 4.90 Å². The van der Waals surface area contributed by atoms with E-state index in [0.717, 1.165) is 45.2 Å². The highest BCUT2D eigenvalue weighted by atomic mass is 16.6. The van der Waals surface area contributed by atoms with Gasteiger partial charge in [0.25, 0.3) is 11.6 Å². The van der Waals surface area contributed by atoms with Gasteiger partial charge in [-0.05, 0) is 37.7 Å². The van der Waals surface area contributed by atoms with E-state index < -0.39 is 10.9 Å². The fourth-order valence-corrected chi connectivity index (χ4v) is 4.02. The van der Waals surface area contributed by atoms with E-state index in [4.69, 9.17) is 4.74 Å². The van der Waals surface area contributed by atoms with Crippen molar-refractivity contribution in [2.45, 2.75) is 51.5 Å². The van der Waals surface area contributed by atoms with E-state index in [1.54, 1.807) is 6.07 Å². The molecule has 1 aromatic carbocycles. The number of nitro groups is 1. The van der Waals surface area contributed by atoms with Gasteiger partial charge in [-0.15, -0.1) is 0 Å². The van der Waals surface area contributed by atoms with Gasteiger partial charge in [0.1, 0.15) is 0 Å². The Hall–Kier alpha value is -2.64. The SMILES string of the molecule is C[C@@H]1CCCC[C@H]1NC(=O)COC(=O)c1cc([N+](=O)[O-])ccc1N1CCCC1. The Balaban J connectivity index is 1.66. The minimum absolute atomic E-state index is 0.109. The molecule has 1 N–H and O–H groups in total.